The van der Waals surface area contributed by atoms with E-state index in [1.807, 2.05) is 6.08 Å². The third kappa shape index (κ3) is 3.50. The summed E-state index contributed by atoms with van der Waals surface area (Å²) >= 11 is 0. The van der Waals surface area contributed by atoms with Crippen LogP contribution < -0.4 is 0 Å². The molecule has 0 saturated heterocycles. The fraction of sp³-hybridized carbons (Fsp3) is 0.800. The number of rotatable bonds is 5. The number of carboxylic acids is 1. The number of carbonyl (C=O) groups excluding carboxylic acids is 1. The van der Waals surface area contributed by atoms with Gasteiger partial charge in [0.25, 0.3) is 0 Å². The maximum atomic E-state index is 12.8. The first kappa shape index (κ1) is 24.7. The van der Waals surface area contributed by atoms with Crippen LogP contribution in [0.2, 0.25) is 0 Å². The van der Waals surface area contributed by atoms with Crippen LogP contribution in [0.4, 0.5) is 0 Å². The summed E-state index contributed by atoms with van der Waals surface area (Å²) in [6, 6.07) is 0. The Morgan fingerprint density at radius 3 is 2.52 bits per heavy atom. The molecule has 0 unspecified atom stereocenters. The molecule has 0 heterocycles. The maximum absolute atomic E-state index is 12.8. The van der Waals surface area contributed by atoms with E-state index in [4.69, 9.17) is 5.11 Å². The molecule has 0 aromatic heterocycles. The minimum atomic E-state index is -0.801. The number of carboxylic acid groups (broad SMARTS) is 1. The standard InChI is InChI=1S/C30H46O3/c1-19(9-8-10-20(2)26(32)33)21-13-17-30(7)23-11-12-24-27(3,4)25(31)15-16-28(24,5)22(23)14-18-29(21,30)6/h10-11,19,21-22,24H,8-9,12-18H2,1-7H3,(H,32,33)/b20-10-/t19-,21-,22+,24+,28+,29-,30+/m0/s1. The number of aliphatic carboxylic acids is 1. The van der Waals surface area contributed by atoms with Gasteiger partial charge < -0.3 is 5.11 Å². The highest BCUT2D eigenvalue weighted by Gasteiger charge is 2.65. The van der Waals surface area contributed by atoms with Gasteiger partial charge in [-0.1, -0.05) is 59.3 Å². The molecule has 3 saturated carbocycles. The van der Waals surface area contributed by atoms with Crippen molar-refractivity contribution in [2.24, 2.45) is 45.3 Å². The van der Waals surface area contributed by atoms with Gasteiger partial charge in [-0.2, -0.15) is 0 Å². The van der Waals surface area contributed by atoms with E-state index in [0.29, 0.717) is 40.4 Å². The summed E-state index contributed by atoms with van der Waals surface area (Å²) < 4.78 is 0. The first-order chi connectivity index (χ1) is 15.3. The van der Waals surface area contributed by atoms with E-state index in [9.17, 15) is 9.59 Å². The van der Waals surface area contributed by atoms with Crippen LogP contribution in [0.3, 0.4) is 0 Å². The second-order valence-corrected chi connectivity index (χ2v) is 13.3. The smallest absolute Gasteiger partial charge is 0.330 e. The van der Waals surface area contributed by atoms with Gasteiger partial charge in [0.05, 0.1) is 0 Å². The van der Waals surface area contributed by atoms with Crippen molar-refractivity contribution in [2.75, 3.05) is 0 Å². The number of fused-ring (bicyclic) bond motifs is 5. The third-order valence-corrected chi connectivity index (χ3v) is 11.7. The lowest BCUT2D eigenvalue weighted by molar-refractivity contribution is -0.146. The quantitative estimate of drug-likeness (QED) is 0.343. The molecule has 184 valence electrons. The lowest BCUT2D eigenvalue weighted by Crippen LogP contribution is -2.57. The number of hydrogen-bond donors (Lipinski definition) is 1. The molecule has 0 spiro atoms. The van der Waals surface area contributed by atoms with Crippen molar-refractivity contribution in [3.63, 3.8) is 0 Å². The highest BCUT2D eigenvalue weighted by atomic mass is 16.4. The van der Waals surface area contributed by atoms with Crippen LogP contribution >= 0.6 is 0 Å². The summed E-state index contributed by atoms with van der Waals surface area (Å²) in [5, 5.41) is 9.16. The van der Waals surface area contributed by atoms with Crippen molar-refractivity contribution in [2.45, 2.75) is 106 Å². The summed E-state index contributed by atoms with van der Waals surface area (Å²) in [6.45, 7) is 16.2. The van der Waals surface area contributed by atoms with Gasteiger partial charge in [-0.05, 0) is 98.2 Å². The average molecular weight is 455 g/mol. The number of Topliss-reactive ketones (excluding diaryl/α,β-unsaturated/α-hetero) is 1. The summed E-state index contributed by atoms with van der Waals surface area (Å²) in [4.78, 5) is 23.9. The van der Waals surface area contributed by atoms with E-state index in [1.54, 1.807) is 12.5 Å². The zero-order valence-corrected chi connectivity index (χ0v) is 22.1. The molecule has 0 aromatic carbocycles. The molecular formula is C30H46O3. The molecule has 0 amide bonds. The Labute approximate surface area is 201 Å². The van der Waals surface area contributed by atoms with Gasteiger partial charge in [-0.3, -0.25) is 4.79 Å². The van der Waals surface area contributed by atoms with E-state index in [2.05, 4.69) is 47.6 Å². The van der Waals surface area contributed by atoms with E-state index < -0.39 is 5.97 Å². The SMILES string of the molecule is C/C(=C/CC[C@H](C)[C@@H]1CC[C@]2(C)C3=CC[C@@H]4C(C)(C)C(=O)CC[C@]4(C)[C@@H]3CC[C@@]12C)C(=O)O. The highest BCUT2D eigenvalue weighted by molar-refractivity contribution is 5.86. The molecule has 0 aliphatic heterocycles. The Balaban J connectivity index is 1.59. The zero-order chi connectivity index (χ0) is 24.4. The summed E-state index contributed by atoms with van der Waals surface area (Å²) in [7, 11) is 0. The van der Waals surface area contributed by atoms with Gasteiger partial charge >= 0.3 is 5.97 Å². The van der Waals surface area contributed by atoms with Gasteiger partial charge in [-0.15, -0.1) is 0 Å². The van der Waals surface area contributed by atoms with Gasteiger partial charge in [0, 0.05) is 17.4 Å². The third-order valence-electron chi connectivity index (χ3n) is 11.7. The Bertz CT molecular complexity index is 894. The Hall–Kier alpha value is -1.38. The van der Waals surface area contributed by atoms with E-state index >= 15 is 0 Å². The first-order valence-corrected chi connectivity index (χ1v) is 13.4. The fourth-order valence-corrected chi connectivity index (χ4v) is 9.32. The van der Waals surface area contributed by atoms with Crippen molar-refractivity contribution in [3.8, 4) is 0 Å². The van der Waals surface area contributed by atoms with Gasteiger partial charge in [-0.25, -0.2) is 4.79 Å². The molecule has 33 heavy (non-hydrogen) atoms. The van der Waals surface area contributed by atoms with Crippen molar-refractivity contribution in [1.82, 2.24) is 0 Å². The van der Waals surface area contributed by atoms with Crippen LogP contribution in [0.1, 0.15) is 106 Å². The van der Waals surface area contributed by atoms with Crippen LogP contribution in [0.5, 0.6) is 0 Å². The van der Waals surface area contributed by atoms with Gasteiger partial charge in [0.2, 0.25) is 0 Å². The Morgan fingerprint density at radius 2 is 1.85 bits per heavy atom. The zero-order valence-electron chi connectivity index (χ0n) is 22.1. The molecule has 3 nitrogen and oxygen atoms in total. The molecule has 0 aromatic rings. The molecule has 4 aliphatic rings. The second-order valence-electron chi connectivity index (χ2n) is 13.3. The maximum Gasteiger partial charge on any atom is 0.330 e. The summed E-state index contributed by atoms with van der Waals surface area (Å²) in [5.74, 6) is 2.05. The predicted molar refractivity (Wildman–Crippen MR) is 134 cm³/mol. The molecule has 0 bridgehead atoms. The molecule has 7 atom stereocenters. The van der Waals surface area contributed by atoms with Crippen molar-refractivity contribution >= 4 is 11.8 Å². The first-order valence-electron chi connectivity index (χ1n) is 13.4. The number of carbonyl (C=O) groups is 2. The Morgan fingerprint density at radius 1 is 1.15 bits per heavy atom. The summed E-state index contributed by atoms with van der Waals surface area (Å²) in [6.07, 6.45) is 14.4. The highest BCUT2D eigenvalue weighted by Crippen LogP contribution is 2.73. The fourth-order valence-electron chi connectivity index (χ4n) is 9.32. The molecular weight excluding hydrogens is 408 g/mol. The number of ketones is 1. The molecule has 4 aliphatic carbocycles. The van der Waals surface area contributed by atoms with Gasteiger partial charge in [0.1, 0.15) is 5.78 Å². The van der Waals surface area contributed by atoms with Crippen LogP contribution in [0.15, 0.2) is 23.3 Å². The largest absolute Gasteiger partial charge is 0.478 e. The van der Waals surface area contributed by atoms with E-state index in [-0.39, 0.29) is 16.2 Å². The topological polar surface area (TPSA) is 54.4 Å². The summed E-state index contributed by atoms with van der Waals surface area (Å²) in [5.41, 5.74) is 2.80. The van der Waals surface area contributed by atoms with E-state index in [0.717, 1.165) is 32.1 Å². The number of allylic oxidation sites excluding steroid dienone is 3. The molecule has 3 fully saturated rings. The predicted octanol–water partition coefficient (Wildman–Crippen LogP) is 7.61. The molecule has 3 heteroatoms. The molecule has 4 rings (SSSR count). The average Bonchev–Trinajstić information content (AvgIpc) is 3.02. The van der Waals surface area contributed by atoms with Crippen molar-refractivity contribution in [3.05, 3.63) is 23.3 Å². The van der Waals surface area contributed by atoms with Crippen LogP contribution in [0, 0.1) is 45.3 Å². The van der Waals surface area contributed by atoms with Crippen LogP contribution in [0.25, 0.3) is 0 Å². The van der Waals surface area contributed by atoms with E-state index in [1.165, 1.54) is 25.7 Å². The number of hydrogen-bond acceptors (Lipinski definition) is 2. The molecule has 0 radical (unpaired) electrons. The monoisotopic (exact) mass is 454 g/mol. The minimum Gasteiger partial charge on any atom is -0.478 e. The second kappa shape index (κ2) is 8.09. The van der Waals surface area contributed by atoms with Crippen molar-refractivity contribution in [1.29, 1.82) is 0 Å². The van der Waals surface area contributed by atoms with Crippen molar-refractivity contribution < 1.29 is 14.7 Å². The normalized spacial score (nSPS) is 43.2. The van der Waals surface area contributed by atoms with Crippen LogP contribution in [-0.4, -0.2) is 16.9 Å². The van der Waals surface area contributed by atoms with Crippen LogP contribution in [-0.2, 0) is 9.59 Å². The minimum absolute atomic E-state index is 0.203. The lowest BCUT2D eigenvalue weighted by atomic mass is 9.41. The Kier molecular flexibility index (Phi) is 6.07. The lowest BCUT2D eigenvalue weighted by Gasteiger charge is -2.63. The van der Waals surface area contributed by atoms with Gasteiger partial charge in [0.15, 0.2) is 0 Å². The molecule has 1 N–H and O–H groups in total.